The van der Waals surface area contributed by atoms with E-state index < -0.39 is 5.60 Å². The Morgan fingerprint density at radius 2 is 2.12 bits per heavy atom. The molecule has 1 atom stereocenters. The van der Waals surface area contributed by atoms with Crippen molar-refractivity contribution in [1.82, 2.24) is 0 Å². The number of aliphatic hydroxyl groups is 1. The maximum absolute atomic E-state index is 11.0. The molecule has 8 heavy (non-hydrogen) atoms. The molecule has 1 N–H and O–H groups in total. The lowest BCUT2D eigenvalue weighted by atomic mass is 10.2. The maximum atomic E-state index is 11.0. The molecule has 2 saturated carbocycles. The Morgan fingerprint density at radius 1 is 1.50 bits per heavy atom. The molecule has 2 rings (SSSR count). The highest BCUT2D eigenvalue weighted by atomic mass is 16.3. The number of hydrogen-bond acceptors (Lipinski definition) is 1. The largest absolute Gasteiger partial charge is 0.393 e. The Bertz CT molecular complexity index is 128. The minimum Gasteiger partial charge on any atom is -0.393 e. The van der Waals surface area contributed by atoms with Crippen LogP contribution in [0.1, 0.15) is 19.3 Å². The van der Waals surface area contributed by atoms with Crippen molar-refractivity contribution in [3.05, 3.63) is 0 Å². The summed E-state index contributed by atoms with van der Waals surface area (Å²) in [4.78, 5) is 0. The summed E-state index contributed by atoms with van der Waals surface area (Å²) in [5, 5.41) is 19.6. The zero-order chi connectivity index (χ0) is 5.83. The van der Waals surface area contributed by atoms with Gasteiger partial charge in [0.15, 0.2) is 0 Å². The van der Waals surface area contributed by atoms with Crippen LogP contribution in [0, 0.1) is 5.41 Å². The van der Waals surface area contributed by atoms with Crippen molar-refractivity contribution in [2.45, 2.75) is 24.9 Å². The van der Waals surface area contributed by atoms with E-state index in [4.69, 9.17) is 5.11 Å². The predicted molar refractivity (Wildman–Crippen MR) is 26.8 cm³/mol. The van der Waals surface area contributed by atoms with Gasteiger partial charge < -0.3 is 5.11 Å². The quantitative estimate of drug-likeness (QED) is 0.523. The van der Waals surface area contributed by atoms with Gasteiger partial charge in [-0.2, -0.15) is 0 Å². The number of rotatable bonds is 1. The van der Waals surface area contributed by atoms with Gasteiger partial charge in [-0.15, -0.1) is 0 Å². The summed E-state index contributed by atoms with van der Waals surface area (Å²) in [5.41, 5.74) is -0.797. The van der Waals surface area contributed by atoms with E-state index in [0.717, 1.165) is 19.3 Å². The standard InChI is InChI=1S/C6H9O2/c7-4-6(8)3-5(6)1-2-5/h7H,1-4H2. The van der Waals surface area contributed by atoms with Crippen LogP contribution in [0.3, 0.4) is 0 Å². The molecule has 0 aromatic rings. The van der Waals surface area contributed by atoms with E-state index in [2.05, 4.69) is 0 Å². The Hall–Kier alpha value is -0.0800. The fraction of sp³-hybridized carbons (Fsp3) is 1.00. The van der Waals surface area contributed by atoms with Crippen LogP contribution in [0.2, 0.25) is 0 Å². The lowest BCUT2D eigenvalue weighted by Crippen LogP contribution is -2.14. The van der Waals surface area contributed by atoms with Crippen LogP contribution in [-0.2, 0) is 5.11 Å². The summed E-state index contributed by atoms with van der Waals surface area (Å²) in [6.07, 6.45) is 2.87. The van der Waals surface area contributed by atoms with Gasteiger partial charge in [-0.05, 0) is 19.3 Å². The maximum Gasteiger partial charge on any atom is 0.133 e. The van der Waals surface area contributed by atoms with E-state index in [-0.39, 0.29) is 12.0 Å². The van der Waals surface area contributed by atoms with E-state index in [1.165, 1.54) is 0 Å². The molecule has 2 aliphatic carbocycles. The minimum atomic E-state index is -0.896. The lowest BCUT2D eigenvalue weighted by Gasteiger charge is -1.97. The summed E-state index contributed by atoms with van der Waals surface area (Å²) in [6, 6.07) is 0. The average Bonchev–Trinajstić information content (AvgIpc) is 2.57. The van der Waals surface area contributed by atoms with E-state index in [0.29, 0.717) is 0 Å². The molecule has 1 unspecified atom stereocenters. The highest BCUT2D eigenvalue weighted by Crippen LogP contribution is 2.73. The Balaban J connectivity index is 2.11. The molecule has 0 saturated heterocycles. The third-order valence-corrected chi connectivity index (χ3v) is 2.57. The van der Waals surface area contributed by atoms with Gasteiger partial charge in [-0.1, -0.05) is 0 Å². The first-order valence-electron chi connectivity index (χ1n) is 3.04. The van der Waals surface area contributed by atoms with E-state index in [9.17, 15) is 5.11 Å². The molecular weight excluding hydrogens is 104 g/mol. The van der Waals surface area contributed by atoms with Gasteiger partial charge in [-0.3, -0.25) is 0 Å². The fourth-order valence-corrected chi connectivity index (χ4v) is 1.51. The van der Waals surface area contributed by atoms with Crippen LogP contribution in [0.15, 0.2) is 0 Å². The first-order chi connectivity index (χ1) is 3.72. The van der Waals surface area contributed by atoms with Crippen molar-refractivity contribution >= 4 is 0 Å². The Labute approximate surface area is 48.1 Å². The monoisotopic (exact) mass is 113 g/mol. The molecule has 2 fully saturated rings. The van der Waals surface area contributed by atoms with Crippen LogP contribution in [0.5, 0.6) is 0 Å². The summed E-state index contributed by atoms with van der Waals surface area (Å²) >= 11 is 0. The van der Waals surface area contributed by atoms with Crippen LogP contribution in [0.4, 0.5) is 0 Å². The van der Waals surface area contributed by atoms with Crippen molar-refractivity contribution < 1.29 is 10.2 Å². The van der Waals surface area contributed by atoms with Crippen LogP contribution >= 0.6 is 0 Å². The molecule has 2 aliphatic rings. The minimum absolute atomic E-state index is 0.0990. The molecule has 2 heteroatoms. The van der Waals surface area contributed by atoms with Crippen molar-refractivity contribution in [2.24, 2.45) is 5.41 Å². The van der Waals surface area contributed by atoms with Crippen LogP contribution in [0.25, 0.3) is 0 Å². The topological polar surface area (TPSA) is 40.1 Å². The Kier molecular flexibility index (Phi) is 0.570. The van der Waals surface area contributed by atoms with E-state index >= 15 is 0 Å². The molecule has 0 bridgehead atoms. The van der Waals surface area contributed by atoms with Crippen molar-refractivity contribution in [3.63, 3.8) is 0 Å². The highest BCUT2D eigenvalue weighted by molar-refractivity contribution is 5.23. The number of hydrogen-bond donors (Lipinski definition) is 1. The van der Waals surface area contributed by atoms with Gasteiger partial charge in [0.25, 0.3) is 0 Å². The highest BCUT2D eigenvalue weighted by Gasteiger charge is 2.75. The first kappa shape index (κ1) is 4.77. The average molecular weight is 113 g/mol. The predicted octanol–water partition coefficient (Wildman–Crippen LogP) is 0.332. The smallest absolute Gasteiger partial charge is 0.133 e. The summed E-state index contributed by atoms with van der Waals surface area (Å²) < 4.78 is 0. The lowest BCUT2D eigenvalue weighted by molar-refractivity contribution is -0.00429. The normalized spacial score (nSPS) is 47.2. The molecule has 1 radical (unpaired) electrons. The second kappa shape index (κ2) is 0.957. The summed E-state index contributed by atoms with van der Waals surface area (Å²) in [6.45, 7) is -0.146. The second-order valence-electron chi connectivity index (χ2n) is 3.11. The first-order valence-corrected chi connectivity index (χ1v) is 3.04. The molecule has 45 valence electrons. The Morgan fingerprint density at radius 3 is 2.25 bits per heavy atom. The molecule has 0 aromatic heterocycles. The molecular formula is C6H9O2. The van der Waals surface area contributed by atoms with Crippen LogP contribution < -0.4 is 0 Å². The van der Waals surface area contributed by atoms with Crippen LogP contribution in [-0.4, -0.2) is 17.3 Å². The molecule has 1 spiro atoms. The molecule has 0 amide bonds. The van der Waals surface area contributed by atoms with Gasteiger partial charge in [0.2, 0.25) is 0 Å². The molecule has 0 aromatic carbocycles. The molecule has 0 heterocycles. The van der Waals surface area contributed by atoms with E-state index in [1.807, 2.05) is 0 Å². The van der Waals surface area contributed by atoms with Crippen molar-refractivity contribution in [2.75, 3.05) is 6.61 Å². The van der Waals surface area contributed by atoms with Crippen molar-refractivity contribution in [1.29, 1.82) is 0 Å². The molecule has 2 nitrogen and oxygen atoms in total. The second-order valence-corrected chi connectivity index (χ2v) is 3.11. The van der Waals surface area contributed by atoms with Gasteiger partial charge in [-0.25, -0.2) is 5.11 Å². The van der Waals surface area contributed by atoms with Crippen molar-refractivity contribution in [3.8, 4) is 0 Å². The number of aliphatic hydroxyl groups excluding tert-OH is 1. The van der Waals surface area contributed by atoms with Gasteiger partial charge in [0.1, 0.15) is 5.60 Å². The molecule has 0 aliphatic heterocycles. The summed E-state index contributed by atoms with van der Waals surface area (Å²) in [7, 11) is 0. The summed E-state index contributed by atoms with van der Waals surface area (Å²) in [5.74, 6) is 0. The fourth-order valence-electron chi connectivity index (χ4n) is 1.51. The SMILES string of the molecule is [O]C1(CO)CC12CC2. The third kappa shape index (κ3) is 0.327. The van der Waals surface area contributed by atoms with Gasteiger partial charge in [0, 0.05) is 5.41 Å². The van der Waals surface area contributed by atoms with E-state index in [1.54, 1.807) is 0 Å². The zero-order valence-corrected chi connectivity index (χ0v) is 4.68. The van der Waals surface area contributed by atoms with Gasteiger partial charge >= 0.3 is 0 Å². The third-order valence-electron chi connectivity index (χ3n) is 2.57. The zero-order valence-electron chi connectivity index (χ0n) is 4.68. The van der Waals surface area contributed by atoms with Gasteiger partial charge in [0.05, 0.1) is 6.61 Å².